The van der Waals surface area contributed by atoms with Crippen LogP contribution in [0.25, 0.3) is 0 Å². The summed E-state index contributed by atoms with van der Waals surface area (Å²) in [6.07, 6.45) is 2.18. The van der Waals surface area contributed by atoms with E-state index in [1.807, 2.05) is 6.07 Å². The average Bonchev–Trinajstić information content (AvgIpc) is 2.22. The molecule has 0 saturated heterocycles. The number of hydrogen-bond acceptors (Lipinski definition) is 2. The Hall–Kier alpha value is -0.450. The highest BCUT2D eigenvalue weighted by atomic mass is 127. The zero-order valence-corrected chi connectivity index (χ0v) is 11.8. The third-order valence-corrected chi connectivity index (χ3v) is 3.68. The smallest absolute Gasteiger partial charge is 0.0578 e. The highest BCUT2D eigenvalue weighted by molar-refractivity contribution is 14.1. The van der Waals surface area contributed by atoms with Gasteiger partial charge >= 0.3 is 0 Å². The van der Waals surface area contributed by atoms with Crippen LogP contribution in [0.5, 0.6) is 0 Å². The molecular weight excluding hydrogens is 299 g/mol. The number of nitrogen functional groups attached to an aromatic ring is 1. The molecule has 0 aliphatic rings. The molecule has 3 N–H and O–H groups in total. The first-order valence-corrected chi connectivity index (χ1v) is 6.42. The molecule has 0 radical (unpaired) electrons. The largest absolute Gasteiger partial charge is 0.397 e. The number of hydrogen-bond donors (Lipinski definition) is 2. The van der Waals surface area contributed by atoms with Gasteiger partial charge in [-0.3, -0.25) is 0 Å². The Balaban J connectivity index is 2.89. The predicted molar refractivity (Wildman–Crippen MR) is 76.2 cm³/mol. The SMILES string of the molecule is CCC(C)(CC)Nc1ccc(I)cc1N. The molecule has 1 aromatic carbocycles. The van der Waals surface area contributed by atoms with E-state index in [1.165, 1.54) is 3.57 Å². The van der Waals surface area contributed by atoms with Gasteiger partial charge in [-0.25, -0.2) is 0 Å². The van der Waals surface area contributed by atoms with Gasteiger partial charge in [0.05, 0.1) is 11.4 Å². The molecule has 84 valence electrons. The molecule has 0 aliphatic carbocycles. The minimum atomic E-state index is 0.140. The molecule has 0 heterocycles. The molecule has 0 amide bonds. The fourth-order valence-corrected chi connectivity index (χ4v) is 1.91. The van der Waals surface area contributed by atoms with Gasteiger partial charge in [0.1, 0.15) is 0 Å². The first kappa shape index (κ1) is 12.6. The van der Waals surface area contributed by atoms with Gasteiger partial charge in [0.15, 0.2) is 0 Å². The van der Waals surface area contributed by atoms with E-state index >= 15 is 0 Å². The van der Waals surface area contributed by atoms with E-state index in [0.717, 1.165) is 24.2 Å². The molecule has 0 spiro atoms. The Morgan fingerprint density at radius 1 is 1.33 bits per heavy atom. The Morgan fingerprint density at radius 2 is 1.93 bits per heavy atom. The lowest BCUT2D eigenvalue weighted by molar-refractivity contribution is 0.479. The standard InChI is InChI=1S/C12H19IN2/c1-4-12(3,5-2)15-11-7-6-9(13)8-10(11)14/h6-8,15H,4-5,14H2,1-3H3. The summed E-state index contributed by atoms with van der Waals surface area (Å²) in [6, 6.07) is 6.13. The molecule has 0 aliphatic heterocycles. The van der Waals surface area contributed by atoms with Crippen LogP contribution in [0.1, 0.15) is 33.6 Å². The first-order chi connectivity index (χ1) is 7.00. The number of nitrogens with two attached hydrogens (primary N) is 1. The molecule has 0 unspecified atom stereocenters. The molecule has 1 rings (SSSR count). The third kappa shape index (κ3) is 3.26. The van der Waals surface area contributed by atoms with Crippen molar-refractivity contribution in [3.63, 3.8) is 0 Å². The van der Waals surface area contributed by atoms with E-state index in [2.05, 4.69) is 60.8 Å². The molecule has 2 nitrogen and oxygen atoms in total. The zero-order chi connectivity index (χ0) is 11.5. The van der Waals surface area contributed by atoms with Crippen molar-refractivity contribution >= 4 is 34.0 Å². The zero-order valence-electron chi connectivity index (χ0n) is 9.60. The van der Waals surface area contributed by atoms with Crippen molar-refractivity contribution in [2.75, 3.05) is 11.1 Å². The Labute approximate surface area is 106 Å². The molecule has 15 heavy (non-hydrogen) atoms. The van der Waals surface area contributed by atoms with Crippen molar-refractivity contribution in [3.05, 3.63) is 21.8 Å². The van der Waals surface area contributed by atoms with Gasteiger partial charge in [0.25, 0.3) is 0 Å². The molecule has 0 atom stereocenters. The number of benzene rings is 1. The molecule has 0 fully saturated rings. The molecule has 1 aromatic rings. The van der Waals surface area contributed by atoms with Crippen molar-refractivity contribution in [1.82, 2.24) is 0 Å². The normalized spacial score (nSPS) is 11.5. The highest BCUT2D eigenvalue weighted by Crippen LogP contribution is 2.27. The van der Waals surface area contributed by atoms with E-state index in [4.69, 9.17) is 5.73 Å². The van der Waals surface area contributed by atoms with E-state index in [0.29, 0.717) is 0 Å². The van der Waals surface area contributed by atoms with Gasteiger partial charge in [-0.15, -0.1) is 0 Å². The fraction of sp³-hybridized carbons (Fsp3) is 0.500. The van der Waals surface area contributed by atoms with E-state index < -0.39 is 0 Å². The van der Waals surface area contributed by atoms with Crippen LogP contribution in [0.2, 0.25) is 0 Å². The van der Waals surface area contributed by atoms with Crippen molar-refractivity contribution in [2.45, 2.75) is 39.2 Å². The second kappa shape index (κ2) is 5.05. The number of halogens is 1. The Bertz CT molecular complexity index is 332. The van der Waals surface area contributed by atoms with Crippen molar-refractivity contribution in [2.24, 2.45) is 0 Å². The predicted octanol–water partition coefficient (Wildman–Crippen LogP) is 3.86. The van der Waals surface area contributed by atoms with Gasteiger partial charge in [-0.1, -0.05) is 13.8 Å². The third-order valence-electron chi connectivity index (χ3n) is 3.01. The van der Waals surface area contributed by atoms with Crippen LogP contribution in [0, 0.1) is 3.57 Å². The van der Waals surface area contributed by atoms with Gasteiger partial charge < -0.3 is 11.1 Å². The maximum atomic E-state index is 5.97. The summed E-state index contributed by atoms with van der Waals surface area (Å²) >= 11 is 2.27. The molecular formula is C12H19IN2. The fourth-order valence-electron chi connectivity index (χ4n) is 1.40. The van der Waals surface area contributed by atoms with Gasteiger partial charge in [0.2, 0.25) is 0 Å². The van der Waals surface area contributed by atoms with Crippen LogP contribution in [-0.2, 0) is 0 Å². The monoisotopic (exact) mass is 318 g/mol. The molecule has 0 aromatic heterocycles. The number of anilines is 2. The van der Waals surface area contributed by atoms with E-state index in [-0.39, 0.29) is 5.54 Å². The summed E-state index contributed by atoms with van der Waals surface area (Å²) in [7, 11) is 0. The topological polar surface area (TPSA) is 38.0 Å². The van der Waals surface area contributed by atoms with Crippen molar-refractivity contribution in [1.29, 1.82) is 0 Å². The minimum absolute atomic E-state index is 0.140. The van der Waals surface area contributed by atoms with Crippen molar-refractivity contribution < 1.29 is 0 Å². The molecule has 3 heteroatoms. The highest BCUT2D eigenvalue weighted by Gasteiger charge is 2.19. The van der Waals surface area contributed by atoms with Crippen molar-refractivity contribution in [3.8, 4) is 0 Å². The minimum Gasteiger partial charge on any atom is -0.397 e. The summed E-state index contributed by atoms with van der Waals surface area (Å²) in [5.74, 6) is 0. The quantitative estimate of drug-likeness (QED) is 0.653. The van der Waals surface area contributed by atoms with Gasteiger partial charge in [-0.2, -0.15) is 0 Å². The Kier molecular flexibility index (Phi) is 4.25. The number of nitrogens with one attached hydrogen (secondary N) is 1. The summed E-state index contributed by atoms with van der Waals surface area (Å²) in [5.41, 5.74) is 7.98. The number of rotatable bonds is 4. The van der Waals surface area contributed by atoms with Crippen LogP contribution in [0.3, 0.4) is 0 Å². The lowest BCUT2D eigenvalue weighted by atomic mass is 9.95. The second-order valence-electron chi connectivity index (χ2n) is 4.12. The first-order valence-electron chi connectivity index (χ1n) is 5.34. The summed E-state index contributed by atoms with van der Waals surface area (Å²) in [5, 5.41) is 3.52. The lowest BCUT2D eigenvalue weighted by Crippen LogP contribution is -2.33. The van der Waals surface area contributed by atoms with E-state index in [1.54, 1.807) is 0 Å². The van der Waals surface area contributed by atoms with E-state index in [9.17, 15) is 0 Å². The van der Waals surface area contributed by atoms with Crippen LogP contribution in [0.15, 0.2) is 18.2 Å². The van der Waals surface area contributed by atoms with Crippen LogP contribution >= 0.6 is 22.6 Å². The lowest BCUT2D eigenvalue weighted by Gasteiger charge is -2.30. The maximum absolute atomic E-state index is 5.97. The van der Waals surface area contributed by atoms with Gasteiger partial charge in [0, 0.05) is 9.11 Å². The van der Waals surface area contributed by atoms with Crippen LogP contribution in [-0.4, -0.2) is 5.54 Å². The van der Waals surface area contributed by atoms with Crippen LogP contribution in [0.4, 0.5) is 11.4 Å². The average molecular weight is 318 g/mol. The van der Waals surface area contributed by atoms with Crippen LogP contribution < -0.4 is 11.1 Å². The molecule has 0 saturated carbocycles. The summed E-state index contributed by atoms with van der Waals surface area (Å²) in [4.78, 5) is 0. The maximum Gasteiger partial charge on any atom is 0.0578 e. The second-order valence-corrected chi connectivity index (χ2v) is 5.37. The summed E-state index contributed by atoms with van der Waals surface area (Å²) in [6.45, 7) is 6.61. The summed E-state index contributed by atoms with van der Waals surface area (Å²) < 4.78 is 1.17. The molecule has 0 bridgehead atoms. The van der Waals surface area contributed by atoms with Gasteiger partial charge in [-0.05, 0) is 60.6 Å². The Morgan fingerprint density at radius 3 is 2.40 bits per heavy atom.